The molecule has 2 heterocycles. The van der Waals surface area contributed by atoms with E-state index in [1.54, 1.807) is 0 Å². The van der Waals surface area contributed by atoms with Crippen molar-refractivity contribution >= 4 is 0 Å². The van der Waals surface area contributed by atoms with Gasteiger partial charge in [0.2, 0.25) is 0 Å². The minimum atomic E-state index is 0.644. The van der Waals surface area contributed by atoms with Gasteiger partial charge in [-0.15, -0.1) is 0 Å². The van der Waals surface area contributed by atoms with Crippen molar-refractivity contribution < 1.29 is 0 Å². The summed E-state index contributed by atoms with van der Waals surface area (Å²) in [4.78, 5) is 11.3. The molecular weight excluding hydrogens is 236 g/mol. The van der Waals surface area contributed by atoms with E-state index in [0.29, 0.717) is 12.1 Å². The van der Waals surface area contributed by atoms with E-state index in [2.05, 4.69) is 27.1 Å². The molecule has 0 bridgehead atoms. The summed E-state index contributed by atoms with van der Waals surface area (Å²) >= 11 is 0. The van der Waals surface area contributed by atoms with Crippen molar-refractivity contribution in [3.8, 4) is 0 Å². The molecule has 1 aliphatic heterocycles. The van der Waals surface area contributed by atoms with Gasteiger partial charge in [-0.1, -0.05) is 6.92 Å². The van der Waals surface area contributed by atoms with Gasteiger partial charge in [-0.2, -0.15) is 0 Å². The molecule has 1 saturated heterocycles. The van der Waals surface area contributed by atoms with E-state index in [4.69, 9.17) is 0 Å². The van der Waals surface area contributed by atoms with E-state index < -0.39 is 0 Å². The number of piperazine rings is 1. The van der Waals surface area contributed by atoms with Gasteiger partial charge < -0.3 is 5.32 Å². The van der Waals surface area contributed by atoms with Crippen LogP contribution in [0.1, 0.15) is 37.7 Å². The third-order valence-corrected chi connectivity index (χ3v) is 4.42. The van der Waals surface area contributed by atoms with Crippen molar-refractivity contribution in [1.29, 1.82) is 0 Å². The number of nitrogens with zero attached hydrogens (tertiary/aromatic N) is 3. The Hall–Kier alpha value is -1.00. The summed E-state index contributed by atoms with van der Waals surface area (Å²) in [5.74, 6) is 1.80. The van der Waals surface area contributed by atoms with Crippen LogP contribution in [0.5, 0.6) is 0 Å². The van der Waals surface area contributed by atoms with Crippen LogP contribution in [0.3, 0.4) is 0 Å². The molecule has 2 aliphatic rings. The van der Waals surface area contributed by atoms with E-state index in [0.717, 1.165) is 30.5 Å². The molecule has 4 heteroatoms. The Balaban J connectivity index is 1.68. The maximum Gasteiger partial charge on any atom is 0.125 e. The number of aryl methyl sites for hydroxylation is 1. The number of aromatic nitrogens is 2. The van der Waals surface area contributed by atoms with Crippen LogP contribution >= 0.6 is 0 Å². The van der Waals surface area contributed by atoms with E-state index >= 15 is 0 Å². The number of hydrogen-bond donors (Lipinski definition) is 1. The molecule has 1 aliphatic carbocycles. The second-order valence-electron chi connectivity index (χ2n) is 5.94. The van der Waals surface area contributed by atoms with Gasteiger partial charge in [0.15, 0.2) is 0 Å². The van der Waals surface area contributed by atoms with Crippen LogP contribution in [0, 0.1) is 12.8 Å². The highest BCUT2D eigenvalue weighted by molar-refractivity contribution is 5.03. The first-order chi connectivity index (χ1) is 9.26. The van der Waals surface area contributed by atoms with Gasteiger partial charge in [-0.25, -0.2) is 9.97 Å². The molecule has 104 valence electrons. The molecule has 2 atom stereocenters. The smallest absolute Gasteiger partial charge is 0.125 e. The zero-order chi connectivity index (χ0) is 13.2. The maximum absolute atomic E-state index is 4.55. The highest BCUT2D eigenvalue weighted by Crippen LogP contribution is 2.34. The van der Waals surface area contributed by atoms with Crippen LogP contribution in [0.25, 0.3) is 0 Å². The van der Waals surface area contributed by atoms with Gasteiger partial charge in [0.05, 0.1) is 5.69 Å². The van der Waals surface area contributed by atoms with Crippen LogP contribution < -0.4 is 5.32 Å². The molecule has 19 heavy (non-hydrogen) atoms. The first-order valence-electron chi connectivity index (χ1n) is 7.52. The Kier molecular flexibility index (Phi) is 3.80. The summed E-state index contributed by atoms with van der Waals surface area (Å²) in [6, 6.07) is 3.39. The minimum Gasteiger partial charge on any atom is -0.311 e. The van der Waals surface area contributed by atoms with Gasteiger partial charge in [0.1, 0.15) is 5.82 Å². The van der Waals surface area contributed by atoms with Gasteiger partial charge in [0, 0.05) is 37.9 Å². The largest absolute Gasteiger partial charge is 0.311 e. The maximum atomic E-state index is 4.55. The predicted octanol–water partition coefficient (Wildman–Crippen LogP) is 1.75. The summed E-state index contributed by atoms with van der Waals surface area (Å²) in [5.41, 5.74) is 1.15. The monoisotopic (exact) mass is 260 g/mol. The summed E-state index contributed by atoms with van der Waals surface area (Å²) in [6.07, 6.45) is 5.90. The second-order valence-corrected chi connectivity index (χ2v) is 5.94. The van der Waals surface area contributed by atoms with E-state index in [1.807, 2.05) is 19.2 Å². The topological polar surface area (TPSA) is 41.0 Å². The molecule has 2 unspecified atom stereocenters. The van der Waals surface area contributed by atoms with E-state index in [-0.39, 0.29) is 0 Å². The normalized spacial score (nSPS) is 28.5. The van der Waals surface area contributed by atoms with Crippen molar-refractivity contribution in [3.63, 3.8) is 0 Å². The lowest BCUT2D eigenvalue weighted by atomic mass is 10.0. The average Bonchev–Trinajstić information content (AvgIpc) is 3.23. The van der Waals surface area contributed by atoms with Crippen molar-refractivity contribution in [2.45, 2.75) is 51.7 Å². The molecule has 2 fully saturated rings. The molecule has 4 nitrogen and oxygen atoms in total. The van der Waals surface area contributed by atoms with E-state index in [9.17, 15) is 0 Å². The second kappa shape index (κ2) is 5.55. The lowest BCUT2D eigenvalue weighted by Gasteiger charge is -2.40. The lowest BCUT2D eigenvalue weighted by molar-refractivity contribution is 0.110. The Bertz CT molecular complexity index is 430. The SMILES string of the molecule is CCC1CNC(C2CC2)CN1Cc1ccnc(C)n1. The van der Waals surface area contributed by atoms with Crippen LogP contribution in [0.4, 0.5) is 0 Å². The number of nitrogens with one attached hydrogen (secondary N) is 1. The quantitative estimate of drug-likeness (QED) is 0.895. The van der Waals surface area contributed by atoms with Gasteiger partial charge in [-0.05, 0) is 38.2 Å². The molecule has 1 saturated carbocycles. The molecule has 1 N–H and O–H groups in total. The fourth-order valence-electron chi connectivity index (χ4n) is 3.09. The summed E-state index contributed by atoms with van der Waals surface area (Å²) < 4.78 is 0. The molecule has 0 spiro atoms. The summed E-state index contributed by atoms with van der Waals surface area (Å²) in [5, 5.41) is 3.73. The van der Waals surface area contributed by atoms with Crippen molar-refractivity contribution in [1.82, 2.24) is 20.2 Å². The first kappa shape index (κ1) is 13.0. The first-order valence-corrected chi connectivity index (χ1v) is 7.52. The molecule has 0 aromatic carbocycles. The fraction of sp³-hybridized carbons (Fsp3) is 0.733. The molecular formula is C15H24N4. The van der Waals surface area contributed by atoms with Gasteiger partial charge >= 0.3 is 0 Å². The zero-order valence-electron chi connectivity index (χ0n) is 12.0. The Morgan fingerprint density at radius 3 is 2.95 bits per heavy atom. The average molecular weight is 260 g/mol. The van der Waals surface area contributed by atoms with Crippen LogP contribution in [-0.4, -0.2) is 40.0 Å². The molecule has 0 radical (unpaired) electrons. The predicted molar refractivity (Wildman–Crippen MR) is 75.8 cm³/mol. The van der Waals surface area contributed by atoms with Crippen molar-refractivity contribution in [2.24, 2.45) is 5.92 Å². The molecule has 0 amide bonds. The zero-order valence-corrected chi connectivity index (χ0v) is 12.0. The molecule has 1 aromatic heterocycles. The third kappa shape index (κ3) is 3.12. The summed E-state index contributed by atoms with van der Waals surface area (Å²) in [6.45, 7) is 7.51. The Morgan fingerprint density at radius 1 is 1.42 bits per heavy atom. The Morgan fingerprint density at radius 2 is 2.26 bits per heavy atom. The molecule has 1 aromatic rings. The third-order valence-electron chi connectivity index (χ3n) is 4.42. The van der Waals surface area contributed by atoms with E-state index in [1.165, 1.54) is 25.8 Å². The summed E-state index contributed by atoms with van der Waals surface area (Å²) in [7, 11) is 0. The minimum absolute atomic E-state index is 0.644. The standard InChI is InChI=1S/C15H24N4/c1-3-14-8-17-15(12-4-5-12)10-19(14)9-13-6-7-16-11(2)18-13/h6-7,12,14-15,17H,3-5,8-10H2,1-2H3. The Labute approximate surface area is 115 Å². The lowest BCUT2D eigenvalue weighted by Crippen LogP contribution is -2.56. The fourth-order valence-corrected chi connectivity index (χ4v) is 3.09. The number of hydrogen-bond acceptors (Lipinski definition) is 4. The van der Waals surface area contributed by atoms with Crippen LogP contribution in [0.2, 0.25) is 0 Å². The number of rotatable bonds is 4. The van der Waals surface area contributed by atoms with Crippen LogP contribution in [-0.2, 0) is 6.54 Å². The highest BCUT2D eigenvalue weighted by atomic mass is 15.2. The van der Waals surface area contributed by atoms with Crippen molar-refractivity contribution in [3.05, 3.63) is 23.8 Å². The van der Waals surface area contributed by atoms with Gasteiger partial charge in [0.25, 0.3) is 0 Å². The van der Waals surface area contributed by atoms with Crippen LogP contribution in [0.15, 0.2) is 12.3 Å². The molecule has 3 rings (SSSR count). The highest BCUT2D eigenvalue weighted by Gasteiger charge is 2.36. The van der Waals surface area contributed by atoms with Crippen molar-refractivity contribution in [2.75, 3.05) is 13.1 Å². The van der Waals surface area contributed by atoms with Gasteiger partial charge in [-0.3, -0.25) is 4.90 Å².